The molecule has 1 aliphatic heterocycles. The summed E-state index contributed by atoms with van der Waals surface area (Å²) in [7, 11) is 0. The molecule has 0 aliphatic carbocycles. The predicted octanol–water partition coefficient (Wildman–Crippen LogP) is 4.34. The molecule has 150 valence electrons. The van der Waals surface area contributed by atoms with Crippen molar-refractivity contribution in [1.82, 2.24) is 9.88 Å². The first kappa shape index (κ1) is 19.5. The van der Waals surface area contributed by atoms with Crippen LogP contribution in [0.1, 0.15) is 17.5 Å². The maximum absolute atomic E-state index is 14.1. The minimum absolute atomic E-state index is 0.0932. The van der Waals surface area contributed by atoms with Gasteiger partial charge in [0.25, 0.3) is 0 Å². The van der Waals surface area contributed by atoms with E-state index < -0.39 is 0 Å². The molecule has 1 aliphatic rings. The van der Waals surface area contributed by atoms with Crippen LogP contribution in [0.15, 0.2) is 48.5 Å². The highest BCUT2D eigenvalue weighted by atomic mass is 32.1. The van der Waals surface area contributed by atoms with Crippen molar-refractivity contribution in [3.8, 4) is 16.3 Å². The van der Waals surface area contributed by atoms with E-state index in [9.17, 15) is 9.18 Å². The number of benzene rings is 2. The van der Waals surface area contributed by atoms with Gasteiger partial charge in [0.2, 0.25) is 5.91 Å². The van der Waals surface area contributed by atoms with Crippen LogP contribution in [-0.2, 0) is 17.8 Å². The highest BCUT2D eigenvalue weighted by molar-refractivity contribution is 7.15. The number of hydrogen-bond donors (Lipinski definition) is 1. The van der Waals surface area contributed by atoms with Crippen LogP contribution in [0.25, 0.3) is 10.6 Å². The lowest BCUT2D eigenvalue weighted by atomic mass is 10.2. The number of hydrogen-bond acceptors (Lipinski definition) is 5. The number of thiazole rings is 1. The maximum Gasteiger partial charge on any atom is 0.221 e. The van der Waals surface area contributed by atoms with Gasteiger partial charge in [-0.2, -0.15) is 0 Å². The van der Waals surface area contributed by atoms with Gasteiger partial charge in [-0.15, -0.1) is 11.3 Å². The summed E-state index contributed by atoms with van der Waals surface area (Å²) in [5, 5.41) is 3.49. The number of amides is 1. The molecular weight excluding hydrogens is 389 g/mol. The van der Waals surface area contributed by atoms with Crippen molar-refractivity contribution in [2.75, 3.05) is 25.0 Å². The molecule has 0 unspecified atom stereocenters. The second kappa shape index (κ2) is 8.71. The van der Waals surface area contributed by atoms with Gasteiger partial charge in [0.15, 0.2) is 0 Å². The van der Waals surface area contributed by atoms with E-state index in [-0.39, 0.29) is 11.7 Å². The van der Waals surface area contributed by atoms with Crippen molar-refractivity contribution in [1.29, 1.82) is 0 Å². The first-order chi connectivity index (χ1) is 14.1. The van der Waals surface area contributed by atoms with Crippen LogP contribution < -0.4 is 10.1 Å². The number of rotatable bonds is 6. The second-order valence-electron chi connectivity index (χ2n) is 6.95. The molecule has 1 N–H and O–H groups in total. The number of aromatic nitrogens is 1. The van der Waals surface area contributed by atoms with Crippen LogP contribution in [0, 0.1) is 5.82 Å². The standard InChI is InChI=1S/C22H22FN3O2S/c1-15(27)24-16-6-8-17(9-7-16)28-13-12-26-11-10-20-21(14-26)29-22(25-20)18-4-2-3-5-19(18)23/h2-9H,10-14H2,1H3,(H,24,27). The Morgan fingerprint density at radius 2 is 2.03 bits per heavy atom. The second-order valence-corrected chi connectivity index (χ2v) is 8.03. The van der Waals surface area contributed by atoms with Gasteiger partial charge >= 0.3 is 0 Å². The Morgan fingerprint density at radius 1 is 1.24 bits per heavy atom. The lowest BCUT2D eigenvalue weighted by Crippen LogP contribution is -2.33. The Morgan fingerprint density at radius 3 is 2.79 bits per heavy atom. The number of nitrogens with one attached hydrogen (secondary N) is 1. The minimum Gasteiger partial charge on any atom is -0.492 e. The van der Waals surface area contributed by atoms with E-state index >= 15 is 0 Å². The zero-order valence-electron chi connectivity index (χ0n) is 16.2. The van der Waals surface area contributed by atoms with Gasteiger partial charge in [0.1, 0.15) is 23.2 Å². The summed E-state index contributed by atoms with van der Waals surface area (Å²) in [5.74, 6) is 0.453. The van der Waals surface area contributed by atoms with E-state index in [0.717, 1.165) is 48.2 Å². The van der Waals surface area contributed by atoms with Crippen LogP contribution in [0.5, 0.6) is 5.75 Å². The molecule has 0 bridgehead atoms. The third-order valence-electron chi connectivity index (χ3n) is 4.77. The van der Waals surface area contributed by atoms with Crippen molar-refractivity contribution >= 4 is 22.9 Å². The molecular formula is C22H22FN3O2S. The molecule has 2 aromatic carbocycles. The van der Waals surface area contributed by atoms with Crippen LogP contribution in [0.3, 0.4) is 0 Å². The fraction of sp³-hybridized carbons (Fsp3) is 0.273. The average molecular weight is 412 g/mol. The minimum atomic E-state index is -0.228. The lowest BCUT2D eigenvalue weighted by molar-refractivity contribution is -0.114. The molecule has 0 radical (unpaired) electrons. The first-order valence-electron chi connectivity index (χ1n) is 9.55. The zero-order valence-corrected chi connectivity index (χ0v) is 17.0. The van der Waals surface area contributed by atoms with E-state index in [1.807, 2.05) is 30.3 Å². The summed E-state index contributed by atoms with van der Waals surface area (Å²) >= 11 is 1.57. The van der Waals surface area contributed by atoms with Crippen LogP contribution in [0.2, 0.25) is 0 Å². The number of fused-ring (bicyclic) bond motifs is 1. The molecule has 0 atom stereocenters. The van der Waals surface area contributed by atoms with Gasteiger partial charge in [-0.05, 0) is 36.4 Å². The smallest absolute Gasteiger partial charge is 0.221 e. The Balaban J connectivity index is 1.31. The molecule has 4 rings (SSSR count). The summed E-state index contributed by atoms with van der Waals surface area (Å²) in [6.07, 6.45) is 0.867. The topological polar surface area (TPSA) is 54.5 Å². The van der Waals surface area contributed by atoms with E-state index in [1.54, 1.807) is 23.5 Å². The molecule has 3 aromatic rings. The van der Waals surface area contributed by atoms with Gasteiger partial charge < -0.3 is 10.1 Å². The monoisotopic (exact) mass is 411 g/mol. The number of carbonyl (C=O) groups excluding carboxylic acids is 1. The molecule has 0 spiro atoms. The Bertz CT molecular complexity index is 1000. The number of nitrogens with zero attached hydrogens (tertiary/aromatic N) is 2. The molecule has 0 saturated heterocycles. The highest BCUT2D eigenvalue weighted by Crippen LogP contribution is 2.32. The number of carbonyl (C=O) groups is 1. The van der Waals surface area contributed by atoms with Gasteiger partial charge in [-0.1, -0.05) is 12.1 Å². The third kappa shape index (κ3) is 4.81. The van der Waals surface area contributed by atoms with E-state index in [4.69, 9.17) is 4.74 Å². The van der Waals surface area contributed by atoms with Crippen molar-refractivity contribution in [2.24, 2.45) is 0 Å². The van der Waals surface area contributed by atoms with Crippen molar-refractivity contribution in [3.63, 3.8) is 0 Å². The average Bonchev–Trinajstić information content (AvgIpc) is 3.12. The van der Waals surface area contributed by atoms with E-state index in [2.05, 4.69) is 15.2 Å². The molecule has 2 heterocycles. The Labute approximate surface area is 173 Å². The van der Waals surface area contributed by atoms with E-state index in [1.165, 1.54) is 17.9 Å². The summed E-state index contributed by atoms with van der Waals surface area (Å²) in [4.78, 5) is 19.3. The summed E-state index contributed by atoms with van der Waals surface area (Å²) < 4.78 is 19.9. The first-order valence-corrected chi connectivity index (χ1v) is 10.4. The van der Waals surface area contributed by atoms with Crippen molar-refractivity contribution in [3.05, 3.63) is 64.9 Å². The quantitative estimate of drug-likeness (QED) is 0.655. The number of anilines is 1. The van der Waals surface area contributed by atoms with Crippen LogP contribution in [-0.4, -0.2) is 35.5 Å². The molecule has 1 amide bonds. The normalized spacial score (nSPS) is 13.7. The molecule has 1 aromatic heterocycles. The van der Waals surface area contributed by atoms with Gasteiger partial charge in [0.05, 0.1) is 5.69 Å². The largest absolute Gasteiger partial charge is 0.492 e. The predicted molar refractivity (Wildman–Crippen MR) is 113 cm³/mol. The summed E-state index contributed by atoms with van der Waals surface area (Å²) in [6, 6.07) is 14.1. The van der Waals surface area contributed by atoms with Crippen molar-refractivity contribution < 1.29 is 13.9 Å². The molecule has 0 fully saturated rings. The fourth-order valence-corrected chi connectivity index (χ4v) is 4.50. The van der Waals surface area contributed by atoms with E-state index in [0.29, 0.717) is 12.2 Å². The Kier molecular flexibility index (Phi) is 5.87. The highest BCUT2D eigenvalue weighted by Gasteiger charge is 2.22. The van der Waals surface area contributed by atoms with Crippen LogP contribution in [0.4, 0.5) is 10.1 Å². The summed E-state index contributed by atoms with van der Waals surface area (Å²) in [6.45, 7) is 4.59. The number of ether oxygens (including phenoxy) is 1. The SMILES string of the molecule is CC(=O)Nc1ccc(OCCN2CCc3nc(-c4ccccc4F)sc3C2)cc1. The van der Waals surface area contributed by atoms with Crippen LogP contribution >= 0.6 is 11.3 Å². The lowest BCUT2D eigenvalue weighted by Gasteiger charge is -2.25. The van der Waals surface area contributed by atoms with Gasteiger partial charge in [-0.25, -0.2) is 9.37 Å². The molecule has 5 nitrogen and oxygen atoms in total. The number of halogens is 1. The fourth-order valence-electron chi connectivity index (χ4n) is 3.32. The zero-order chi connectivity index (χ0) is 20.2. The van der Waals surface area contributed by atoms with Gasteiger partial charge in [-0.3, -0.25) is 9.69 Å². The van der Waals surface area contributed by atoms with Crippen molar-refractivity contribution in [2.45, 2.75) is 19.9 Å². The molecule has 0 saturated carbocycles. The van der Waals surface area contributed by atoms with Gasteiger partial charge in [0, 0.05) is 49.1 Å². The maximum atomic E-state index is 14.1. The third-order valence-corrected chi connectivity index (χ3v) is 5.88. The molecule has 29 heavy (non-hydrogen) atoms. The Hall–Kier alpha value is -2.77. The molecule has 7 heteroatoms. The summed E-state index contributed by atoms with van der Waals surface area (Å²) in [5.41, 5.74) is 2.41.